The molecule has 5 atom stereocenters. The molecule has 0 aliphatic carbocycles. The smallest absolute Gasteiger partial charge is 0.253 e. The first-order valence-electron chi connectivity index (χ1n) is 11.8. The molecular formula is C25H33N5O3. The van der Waals surface area contributed by atoms with Crippen LogP contribution in [0.5, 0.6) is 0 Å². The molecule has 3 amide bonds. The Morgan fingerprint density at radius 1 is 1.21 bits per heavy atom. The molecule has 33 heavy (non-hydrogen) atoms. The quantitative estimate of drug-likeness (QED) is 0.659. The topological polar surface area (TPSA) is 88.0 Å². The summed E-state index contributed by atoms with van der Waals surface area (Å²) < 4.78 is 0. The van der Waals surface area contributed by atoms with E-state index in [1.807, 2.05) is 43.0 Å². The summed E-state index contributed by atoms with van der Waals surface area (Å²) in [7, 11) is 3.46. The van der Waals surface area contributed by atoms with Gasteiger partial charge in [-0.25, -0.2) is 0 Å². The molecule has 0 aromatic heterocycles. The van der Waals surface area contributed by atoms with Gasteiger partial charge in [-0.1, -0.05) is 19.1 Å². The average molecular weight is 452 g/mol. The fourth-order valence-corrected chi connectivity index (χ4v) is 5.60. The highest BCUT2D eigenvalue weighted by Gasteiger charge is 2.51. The van der Waals surface area contributed by atoms with Crippen LogP contribution in [0.15, 0.2) is 24.3 Å². The minimum absolute atomic E-state index is 0.0202. The first-order valence-corrected chi connectivity index (χ1v) is 11.8. The zero-order valence-electron chi connectivity index (χ0n) is 19.9. The van der Waals surface area contributed by atoms with Gasteiger partial charge in [0.25, 0.3) is 5.91 Å². The lowest BCUT2D eigenvalue weighted by atomic mass is 10.0. The Kier molecular flexibility index (Phi) is 6.44. The highest BCUT2D eigenvalue weighted by atomic mass is 16.2. The zero-order chi connectivity index (χ0) is 23.9. The molecule has 3 saturated heterocycles. The summed E-state index contributed by atoms with van der Waals surface area (Å²) in [6.45, 7) is 5.90. The largest absolute Gasteiger partial charge is 0.345 e. The van der Waals surface area contributed by atoms with Crippen LogP contribution in [-0.2, 0) is 9.59 Å². The number of rotatable bonds is 6. The molecule has 1 aromatic carbocycles. The SMILES string of the molecule is C[C@H](c1ccc(C(=O)N(C)C)cc1)N1C(=O)[C@H]2C[C@@H]1CN2C[C@H](C)C(=O)N1CCC[C@H]1C#N. The van der Waals surface area contributed by atoms with Gasteiger partial charge in [-0.05, 0) is 43.9 Å². The molecule has 2 bridgehead atoms. The van der Waals surface area contributed by atoms with Crippen molar-refractivity contribution in [2.45, 2.75) is 57.3 Å². The maximum absolute atomic E-state index is 13.2. The third-order valence-corrected chi connectivity index (χ3v) is 7.39. The summed E-state index contributed by atoms with van der Waals surface area (Å²) in [6.07, 6.45) is 2.41. The number of amides is 3. The Bertz CT molecular complexity index is 969. The fraction of sp³-hybridized carbons (Fsp3) is 0.600. The number of hydrogen-bond acceptors (Lipinski definition) is 5. The number of benzene rings is 1. The minimum Gasteiger partial charge on any atom is -0.345 e. The lowest BCUT2D eigenvalue weighted by Gasteiger charge is -2.38. The van der Waals surface area contributed by atoms with E-state index in [4.69, 9.17) is 0 Å². The van der Waals surface area contributed by atoms with Crippen molar-refractivity contribution in [3.8, 4) is 6.07 Å². The zero-order valence-corrected chi connectivity index (χ0v) is 19.9. The third kappa shape index (κ3) is 4.22. The number of piperazine rings is 1. The first kappa shape index (κ1) is 23.2. The van der Waals surface area contributed by atoms with E-state index in [1.165, 1.54) is 0 Å². The number of carbonyl (C=O) groups is 3. The highest BCUT2D eigenvalue weighted by molar-refractivity contribution is 5.94. The van der Waals surface area contributed by atoms with Crippen molar-refractivity contribution < 1.29 is 14.4 Å². The molecule has 3 aliphatic rings. The van der Waals surface area contributed by atoms with E-state index < -0.39 is 0 Å². The Morgan fingerprint density at radius 3 is 2.52 bits per heavy atom. The van der Waals surface area contributed by atoms with Gasteiger partial charge in [0.15, 0.2) is 0 Å². The molecular weight excluding hydrogens is 418 g/mol. The molecule has 0 saturated carbocycles. The van der Waals surface area contributed by atoms with Gasteiger partial charge in [0, 0.05) is 51.3 Å². The van der Waals surface area contributed by atoms with Crippen molar-refractivity contribution >= 4 is 17.7 Å². The summed E-state index contributed by atoms with van der Waals surface area (Å²) in [5.41, 5.74) is 1.64. The summed E-state index contributed by atoms with van der Waals surface area (Å²) in [5, 5.41) is 9.29. The molecule has 8 heteroatoms. The number of nitrogens with zero attached hydrogens (tertiary/aromatic N) is 5. The third-order valence-electron chi connectivity index (χ3n) is 7.39. The minimum atomic E-state index is -0.313. The first-order chi connectivity index (χ1) is 15.7. The molecule has 0 spiro atoms. The second-order valence-corrected chi connectivity index (χ2v) is 9.82. The number of carbonyl (C=O) groups excluding carboxylic acids is 3. The normalized spacial score (nSPS) is 26.4. The van der Waals surface area contributed by atoms with Crippen molar-refractivity contribution in [1.82, 2.24) is 19.6 Å². The van der Waals surface area contributed by atoms with Crippen LogP contribution in [-0.4, -0.2) is 89.2 Å². The maximum Gasteiger partial charge on any atom is 0.253 e. The second-order valence-electron chi connectivity index (χ2n) is 9.82. The Hall–Kier alpha value is -2.92. The van der Waals surface area contributed by atoms with E-state index >= 15 is 0 Å². The fourth-order valence-electron chi connectivity index (χ4n) is 5.60. The van der Waals surface area contributed by atoms with Gasteiger partial charge in [-0.2, -0.15) is 5.26 Å². The molecule has 0 N–H and O–H groups in total. The average Bonchev–Trinajstić information content (AvgIpc) is 3.52. The molecule has 3 aliphatic heterocycles. The highest BCUT2D eigenvalue weighted by Crippen LogP contribution is 2.38. The summed E-state index contributed by atoms with van der Waals surface area (Å²) >= 11 is 0. The van der Waals surface area contributed by atoms with E-state index in [0.717, 1.165) is 31.4 Å². The predicted molar refractivity (Wildman–Crippen MR) is 123 cm³/mol. The van der Waals surface area contributed by atoms with E-state index in [1.54, 1.807) is 23.9 Å². The van der Waals surface area contributed by atoms with Crippen molar-refractivity contribution in [3.63, 3.8) is 0 Å². The van der Waals surface area contributed by atoms with E-state index in [-0.39, 0.29) is 47.8 Å². The van der Waals surface area contributed by atoms with Gasteiger partial charge < -0.3 is 14.7 Å². The number of fused-ring (bicyclic) bond motifs is 2. The van der Waals surface area contributed by atoms with E-state index in [2.05, 4.69) is 11.0 Å². The Balaban J connectivity index is 1.38. The lowest BCUT2D eigenvalue weighted by molar-refractivity contribution is -0.142. The maximum atomic E-state index is 13.2. The lowest BCUT2D eigenvalue weighted by Crippen LogP contribution is -2.53. The molecule has 1 aromatic rings. The summed E-state index contributed by atoms with van der Waals surface area (Å²) in [5.74, 6) is -0.145. The standard InChI is InChI=1S/C25H33N5O3/c1-16(23(31)29-11-5-6-20(29)13-26)14-28-15-21-12-22(28)25(33)30(21)17(2)18-7-9-19(10-8-18)24(32)27(3)4/h7-10,16-17,20-22H,5-6,11-12,14-15H2,1-4H3/t16-,17+,20-,21+,22+/m0/s1. The van der Waals surface area contributed by atoms with Crippen LogP contribution in [0.1, 0.15) is 55.1 Å². The summed E-state index contributed by atoms with van der Waals surface area (Å²) in [4.78, 5) is 45.7. The second kappa shape index (κ2) is 9.14. The van der Waals surface area contributed by atoms with Crippen molar-refractivity contribution in [1.29, 1.82) is 5.26 Å². The Labute approximate surface area is 195 Å². The molecule has 176 valence electrons. The van der Waals surface area contributed by atoms with Crippen LogP contribution in [0.4, 0.5) is 0 Å². The van der Waals surface area contributed by atoms with Crippen LogP contribution in [0.25, 0.3) is 0 Å². The van der Waals surface area contributed by atoms with Gasteiger partial charge in [0.1, 0.15) is 6.04 Å². The van der Waals surface area contributed by atoms with Crippen molar-refractivity contribution in [2.75, 3.05) is 33.7 Å². The van der Waals surface area contributed by atoms with Crippen LogP contribution >= 0.6 is 0 Å². The Morgan fingerprint density at radius 2 is 1.91 bits per heavy atom. The number of hydrogen-bond donors (Lipinski definition) is 0. The molecule has 4 rings (SSSR count). The molecule has 0 radical (unpaired) electrons. The van der Waals surface area contributed by atoms with Crippen LogP contribution in [0.2, 0.25) is 0 Å². The van der Waals surface area contributed by atoms with Gasteiger partial charge >= 0.3 is 0 Å². The number of likely N-dealkylation sites (tertiary alicyclic amines) is 3. The number of nitriles is 1. The summed E-state index contributed by atoms with van der Waals surface area (Å²) in [6, 6.07) is 9.29. The molecule has 8 nitrogen and oxygen atoms in total. The molecule has 0 unspecified atom stereocenters. The van der Waals surface area contributed by atoms with Gasteiger partial charge in [0.2, 0.25) is 11.8 Å². The van der Waals surface area contributed by atoms with E-state index in [0.29, 0.717) is 18.7 Å². The molecule has 3 fully saturated rings. The predicted octanol–water partition coefficient (Wildman–Crippen LogP) is 1.89. The molecule has 3 heterocycles. The van der Waals surface area contributed by atoms with Crippen molar-refractivity contribution in [3.05, 3.63) is 35.4 Å². The van der Waals surface area contributed by atoms with Crippen LogP contribution < -0.4 is 0 Å². The van der Waals surface area contributed by atoms with Crippen molar-refractivity contribution in [2.24, 2.45) is 5.92 Å². The van der Waals surface area contributed by atoms with Gasteiger partial charge in [-0.15, -0.1) is 0 Å². The van der Waals surface area contributed by atoms with E-state index in [9.17, 15) is 19.6 Å². The van der Waals surface area contributed by atoms with Crippen LogP contribution in [0, 0.1) is 17.2 Å². The van der Waals surface area contributed by atoms with Gasteiger partial charge in [-0.3, -0.25) is 19.3 Å². The monoisotopic (exact) mass is 451 g/mol. The van der Waals surface area contributed by atoms with Gasteiger partial charge in [0.05, 0.1) is 18.2 Å². The van der Waals surface area contributed by atoms with Crippen LogP contribution in [0.3, 0.4) is 0 Å².